The first-order valence-electron chi connectivity index (χ1n) is 57.4. The van der Waals surface area contributed by atoms with Gasteiger partial charge in [-0.25, -0.2) is 0 Å². The van der Waals surface area contributed by atoms with Gasteiger partial charge in [0.25, 0.3) is 0 Å². The van der Waals surface area contributed by atoms with Gasteiger partial charge in [0.2, 0.25) is 0 Å². The summed E-state index contributed by atoms with van der Waals surface area (Å²) in [5.41, 5.74) is 18.3. The van der Waals surface area contributed by atoms with E-state index in [1.54, 1.807) is 11.1 Å². The van der Waals surface area contributed by atoms with Gasteiger partial charge in [-0.15, -0.1) is 0 Å². The first kappa shape index (κ1) is 127. The summed E-state index contributed by atoms with van der Waals surface area (Å²) < 4.78 is 17.7. The highest BCUT2D eigenvalue weighted by Gasteiger charge is 2.55. The lowest BCUT2D eigenvalue weighted by Crippen LogP contribution is -2.52. The zero-order valence-electron chi connectivity index (χ0n) is 104. The van der Waals surface area contributed by atoms with Gasteiger partial charge in [0.1, 0.15) is 0 Å². The molecule has 0 spiro atoms. The quantitative estimate of drug-likeness (QED) is 0.173. The zero-order chi connectivity index (χ0) is 108. The maximum absolute atomic E-state index is 5.98. The number of thioether (sulfide) groups is 2. The normalized spacial score (nSPS) is 28.8. The first-order chi connectivity index (χ1) is 63.5. The van der Waals surface area contributed by atoms with Crippen molar-refractivity contribution < 1.29 is 14.2 Å². The van der Waals surface area contributed by atoms with E-state index in [4.69, 9.17) is 14.2 Å². The maximum atomic E-state index is 5.98. The van der Waals surface area contributed by atoms with E-state index in [0.29, 0.717) is 123 Å². The van der Waals surface area contributed by atoms with Crippen LogP contribution in [0.4, 0.5) is 0 Å². The molecule has 1 aromatic carbocycles. The van der Waals surface area contributed by atoms with E-state index in [0.717, 1.165) is 84.1 Å². The highest BCUT2D eigenvalue weighted by molar-refractivity contribution is 8.07. The van der Waals surface area contributed by atoms with Crippen LogP contribution >= 0.6 is 23.5 Å². The fourth-order valence-electron chi connectivity index (χ4n) is 27.9. The highest BCUT2D eigenvalue weighted by Crippen LogP contribution is 2.63. The van der Waals surface area contributed by atoms with Crippen LogP contribution in [0.15, 0.2) is 79.4 Å². The minimum atomic E-state index is 0.151. The molecule has 3 aromatic heterocycles. The maximum Gasteiger partial charge on any atom is 0.0891 e. The van der Waals surface area contributed by atoms with Gasteiger partial charge in [0, 0.05) is 70.7 Å². The Balaban J connectivity index is 0.000000243. The third kappa shape index (κ3) is 36.0. The summed E-state index contributed by atoms with van der Waals surface area (Å²) >= 11 is 4.37. The standard InChI is InChI=1S/C17H32.C17H26.3C16H25N.C14H28.C13H26O.C12H24O2.C12H24S2/c2*1-16(2,3)14-11-12-9-7-8-10-13(12)15(14)17(4,5)6;1-15(2,3)13-9-11-7-8-17-10-12(11)14(13)16(4,5)6;1-15(2,3)12-10-13-11(8-7-9-17-13)14(12)16(4,5)6;1-15(2,3)12-10-11-8-7-9-17-14(11)13(12)16(4,5)6;1-13(2,3)11-9-7-8-10-12(11)14(4,5)6;1-12(2,3)10-8-7-9-14-11(10)13(4,5)6;2*1-11(2,3)9-10(12(4,5)6)14-8-7-13-9/h12-15H,7-11H2,1-6H3;7-10,14-15H,11H2,1-6H3;7-8,10,13-14H,9H2,1-6H3;7-9,12,14H,10H2,1-6H3;7-9,12-13H,10H2,1-6H3;11-12H,7-10H2,1-6H3;10-11H,7-9H2,1-6H3;2*9-10H,7-8H2,1-6H3. The number of hydrogen-bond donors (Lipinski definition) is 0. The lowest BCUT2D eigenvalue weighted by atomic mass is 9.59. The summed E-state index contributed by atoms with van der Waals surface area (Å²) in [7, 11) is 0. The zero-order valence-corrected chi connectivity index (χ0v) is 105. The number of pyridine rings is 3. The molecule has 20 atom stereocenters. The molecule has 0 radical (unpaired) electrons. The van der Waals surface area contributed by atoms with Crippen LogP contribution in [0.3, 0.4) is 0 Å². The van der Waals surface area contributed by atoms with Crippen molar-refractivity contribution in [2.45, 2.75) is 523 Å². The summed E-state index contributed by atoms with van der Waals surface area (Å²) in [6, 6.07) is 20.0. The van der Waals surface area contributed by atoms with Crippen molar-refractivity contribution in [2.24, 2.45) is 163 Å². The first-order valence-corrected chi connectivity index (χ1v) is 59.5. The van der Waals surface area contributed by atoms with E-state index in [9.17, 15) is 0 Å². The molecule has 10 aliphatic rings. The smallest absolute Gasteiger partial charge is 0.0891 e. The van der Waals surface area contributed by atoms with Crippen molar-refractivity contribution in [3.05, 3.63) is 124 Å². The fraction of sp³-hybridized carbons (Fsp3) is 0.842. The predicted octanol–water partition coefficient (Wildman–Crippen LogP) is 39.8. The van der Waals surface area contributed by atoms with Crippen molar-refractivity contribution in [1.82, 2.24) is 15.0 Å². The molecule has 7 aliphatic carbocycles. The van der Waals surface area contributed by atoms with Gasteiger partial charge >= 0.3 is 0 Å². The molecule has 812 valence electrons. The lowest BCUT2D eigenvalue weighted by molar-refractivity contribution is -0.204. The minimum absolute atomic E-state index is 0.151. The van der Waals surface area contributed by atoms with E-state index in [2.05, 4.69) is 473 Å². The summed E-state index contributed by atoms with van der Waals surface area (Å²) in [5.74, 6) is 14.6. The number of rotatable bonds is 0. The number of aromatic nitrogens is 3. The summed E-state index contributed by atoms with van der Waals surface area (Å²) in [5, 5.41) is 1.61. The Hall–Kier alpha value is -2.75. The van der Waals surface area contributed by atoms with Crippen molar-refractivity contribution >= 4 is 23.5 Å². The van der Waals surface area contributed by atoms with Gasteiger partial charge in [-0.1, -0.05) is 442 Å². The molecular formula is C133H235N3O3S2. The molecule has 4 aromatic rings. The molecule has 14 rings (SSSR count). The van der Waals surface area contributed by atoms with Crippen molar-refractivity contribution in [1.29, 1.82) is 0 Å². The molecule has 0 N–H and O–H groups in total. The summed E-state index contributed by atoms with van der Waals surface area (Å²) in [6.07, 6.45) is 29.4. The van der Waals surface area contributed by atoms with Gasteiger partial charge in [-0.2, -0.15) is 23.5 Å². The van der Waals surface area contributed by atoms with E-state index >= 15 is 0 Å². The molecule has 0 bridgehead atoms. The Morgan fingerprint density at radius 1 is 0.255 bits per heavy atom. The SMILES string of the molecule is CC(C)(C)C1CC2CCCCC2C1C(C)(C)C.CC(C)(C)C1CCCCC1C(C)(C)C.CC(C)(C)C1CCCOC1C(C)(C)C.CC(C)(C)C1Cc2ccccc2C1C(C)(C)C.CC(C)(C)C1Cc2cccnc2C1C(C)(C)C.CC(C)(C)C1Cc2ccncc2C1C(C)(C)C.CC(C)(C)C1Cc2ncccc2C1C(C)(C)C.CC(C)(C)C1OCCOC1C(C)(C)C.CC(C)(C)C1SCCSC1C(C)(C)C. The average molecular weight is 1990 g/mol. The third-order valence-corrected chi connectivity index (χ3v) is 38.8. The number of fused-ring (bicyclic) bond motifs is 5. The fourth-order valence-corrected chi connectivity index (χ4v) is 31.8. The molecule has 6 fully saturated rings. The Kier molecular flexibility index (Phi) is 43.3. The minimum Gasteiger partial charge on any atom is -0.377 e. The number of hydrogen-bond acceptors (Lipinski definition) is 8. The molecule has 20 unspecified atom stereocenters. The van der Waals surface area contributed by atoms with Crippen LogP contribution in [-0.2, 0) is 39.9 Å². The van der Waals surface area contributed by atoms with Gasteiger partial charge in [0.15, 0.2) is 0 Å². The molecule has 8 heteroatoms. The van der Waals surface area contributed by atoms with Crippen LogP contribution in [-0.4, -0.2) is 75.1 Å². The summed E-state index contributed by atoms with van der Waals surface area (Å²) in [6.45, 7) is 130. The highest BCUT2D eigenvalue weighted by atomic mass is 32.2. The monoisotopic (exact) mass is 1990 g/mol. The molecule has 0 amide bonds. The summed E-state index contributed by atoms with van der Waals surface area (Å²) in [4.78, 5) is 13.6. The Bertz CT molecular complexity index is 3780. The van der Waals surface area contributed by atoms with Gasteiger partial charge in [0.05, 0.1) is 31.5 Å². The lowest BCUT2D eigenvalue weighted by Gasteiger charge is -2.46. The second-order valence-corrected chi connectivity index (χ2v) is 68.4. The van der Waals surface area contributed by atoms with E-state index in [1.165, 1.54) is 135 Å². The average Bonchev–Trinajstić information content (AvgIpc) is 1.62. The molecule has 141 heavy (non-hydrogen) atoms. The number of benzene rings is 1. The third-order valence-electron chi connectivity index (χ3n) is 34.8. The van der Waals surface area contributed by atoms with Crippen molar-refractivity contribution in [2.75, 3.05) is 31.3 Å². The van der Waals surface area contributed by atoms with Crippen LogP contribution in [0.1, 0.15) is 513 Å². The van der Waals surface area contributed by atoms with Crippen LogP contribution in [0, 0.1) is 163 Å². The molecule has 3 saturated carbocycles. The molecule has 6 heterocycles. The van der Waals surface area contributed by atoms with Crippen molar-refractivity contribution in [3.63, 3.8) is 0 Å². The Morgan fingerprint density at radius 3 is 1.00 bits per heavy atom. The number of nitrogens with zero attached hydrogens (tertiary/aromatic N) is 3. The van der Waals surface area contributed by atoms with E-state index in [1.807, 2.05) is 18.6 Å². The number of ether oxygens (including phenoxy) is 3. The van der Waals surface area contributed by atoms with Crippen LogP contribution in [0.5, 0.6) is 0 Å². The van der Waals surface area contributed by atoms with E-state index < -0.39 is 0 Å². The molecular weight excluding hydrogens is 1750 g/mol. The largest absolute Gasteiger partial charge is 0.377 e. The second kappa shape index (κ2) is 48.1. The van der Waals surface area contributed by atoms with E-state index in [-0.39, 0.29) is 33.9 Å². The van der Waals surface area contributed by atoms with Crippen LogP contribution < -0.4 is 0 Å². The van der Waals surface area contributed by atoms with Gasteiger partial charge in [-0.05, 0) is 296 Å². The molecule has 3 saturated heterocycles. The Labute approximate surface area is 887 Å². The predicted molar refractivity (Wildman–Crippen MR) is 626 cm³/mol. The van der Waals surface area contributed by atoms with Crippen molar-refractivity contribution in [3.8, 4) is 0 Å². The molecule has 3 aliphatic heterocycles. The van der Waals surface area contributed by atoms with Gasteiger partial charge in [-0.3, -0.25) is 15.0 Å². The second-order valence-electron chi connectivity index (χ2n) is 65.9. The molecule has 6 nitrogen and oxygen atoms in total. The van der Waals surface area contributed by atoms with Crippen LogP contribution in [0.25, 0.3) is 0 Å². The van der Waals surface area contributed by atoms with Crippen LogP contribution in [0.2, 0.25) is 0 Å². The Morgan fingerprint density at radius 2 is 0.596 bits per heavy atom. The van der Waals surface area contributed by atoms with Gasteiger partial charge < -0.3 is 14.2 Å². The topological polar surface area (TPSA) is 66.4 Å².